The van der Waals surface area contributed by atoms with Gasteiger partial charge >= 0.3 is 0 Å². The van der Waals surface area contributed by atoms with Crippen LogP contribution in [0.4, 0.5) is 0 Å². The van der Waals surface area contributed by atoms with Crippen LogP contribution in [0.5, 0.6) is 0 Å². The van der Waals surface area contributed by atoms with Gasteiger partial charge in [-0.25, -0.2) is 0 Å². The zero-order chi connectivity index (χ0) is 11.7. The third-order valence-corrected chi connectivity index (χ3v) is 4.09. The smallest absolute Gasteiger partial charge is 0.228 e. The summed E-state index contributed by atoms with van der Waals surface area (Å²) in [5.74, 6) is 0.194. The van der Waals surface area contributed by atoms with Gasteiger partial charge in [0.05, 0.1) is 5.41 Å². The van der Waals surface area contributed by atoms with E-state index >= 15 is 0 Å². The van der Waals surface area contributed by atoms with Crippen molar-refractivity contribution < 1.29 is 4.79 Å². The fourth-order valence-corrected chi connectivity index (χ4v) is 1.86. The van der Waals surface area contributed by atoms with Crippen LogP contribution in [-0.2, 0) is 4.79 Å². The van der Waals surface area contributed by atoms with Gasteiger partial charge < -0.3 is 10.2 Å². The predicted molar refractivity (Wildman–Crippen MR) is 62.7 cm³/mol. The van der Waals surface area contributed by atoms with Crippen LogP contribution in [0.2, 0.25) is 0 Å². The zero-order valence-electron chi connectivity index (χ0n) is 10.7. The van der Waals surface area contributed by atoms with Gasteiger partial charge in [-0.15, -0.1) is 0 Å². The van der Waals surface area contributed by atoms with Crippen LogP contribution >= 0.6 is 0 Å². The molecule has 2 heterocycles. The van der Waals surface area contributed by atoms with E-state index in [4.69, 9.17) is 0 Å². The second-order valence-electron chi connectivity index (χ2n) is 5.42. The third-order valence-electron chi connectivity index (χ3n) is 4.09. The molecule has 1 unspecified atom stereocenters. The number of carbonyl (C=O) groups excluding carboxylic acids is 1. The van der Waals surface area contributed by atoms with Gasteiger partial charge in [0.2, 0.25) is 5.91 Å². The molecule has 2 aliphatic heterocycles. The Kier molecular flexibility index (Phi) is 3.44. The molecule has 1 atom stereocenters. The third kappa shape index (κ3) is 2.17. The van der Waals surface area contributed by atoms with Gasteiger partial charge in [-0.05, 0) is 53.8 Å². The first kappa shape index (κ1) is 12.5. The van der Waals surface area contributed by atoms with Crippen molar-refractivity contribution in [2.75, 3.05) is 20.1 Å². The Bertz CT molecular complexity index is 246. The lowest BCUT2D eigenvalue weighted by molar-refractivity contribution is -0.151. The minimum Gasteiger partial charge on any atom is -0.350 e. The van der Waals surface area contributed by atoms with Crippen molar-refractivity contribution in [1.82, 2.24) is 10.2 Å². The summed E-state index contributed by atoms with van der Waals surface area (Å²) in [4.78, 5) is 13.4. The summed E-state index contributed by atoms with van der Waals surface area (Å²) in [5, 5.41) is 2.88. The second-order valence-corrected chi connectivity index (χ2v) is 5.42. The Labute approximate surface area is 93.2 Å². The number of rotatable bonds is 1. The first-order valence-electron chi connectivity index (χ1n) is 5.84. The van der Waals surface area contributed by atoms with Gasteiger partial charge in [-0.2, -0.15) is 0 Å². The molecule has 0 spiro atoms. The Balaban J connectivity index is 0.000000187. The van der Waals surface area contributed by atoms with Gasteiger partial charge in [0.25, 0.3) is 0 Å². The van der Waals surface area contributed by atoms with E-state index in [1.165, 1.54) is 19.5 Å². The maximum absolute atomic E-state index is 11.1. The summed E-state index contributed by atoms with van der Waals surface area (Å²) in [6.45, 7) is 10.8. The van der Waals surface area contributed by atoms with Crippen LogP contribution in [0.1, 0.15) is 40.5 Å². The largest absolute Gasteiger partial charge is 0.350 e. The Hall–Kier alpha value is -0.570. The van der Waals surface area contributed by atoms with Crippen molar-refractivity contribution in [3.63, 3.8) is 0 Å². The van der Waals surface area contributed by atoms with E-state index in [-0.39, 0.29) is 16.9 Å². The topological polar surface area (TPSA) is 32.3 Å². The van der Waals surface area contributed by atoms with Gasteiger partial charge in [0, 0.05) is 5.54 Å². The molecule has 2 aliphatic rings. The number of β-lactam (4-membered cyclic amide) rings is 1. The molecule has 2 saturated heterocycles. The average Bonchev–Trinajstić information content (AvgIpc) is 2.13. The standard InChI is InChI=1S/C8H15NO.C4H9N/c1-5-8(4)6(10)9-7(8,2)3;1-5-3-2-4-5/h5H2,1-4H3,(H,9,10);2-4H2,1H3. The van der Waals surface area contributed by atoms with Crippen LogP contribution in [0.3, 0.4) is 0 Å². The highest BCUT2D eigenvalue weighted by Crippen LogP contribution is 2.42. The lowest BCUT2D eigenvalue weighted by Gasteiger charge is -2.53. The molecule has 0 radical (unpaired) electrons. The molecule has 3 nitrogen and oxygen atoms in total. The molecule has 0 aromatic heterocycles. The fraction of sp³-hybridized carbons (Fsp3) is 0.917. The van der Waals surface area contributed by atoms with Crippen LogP contribution in [0, 0.1) is 5.41 Å². The van der Waals surface area contributed by atoms with Crippen molar-refractivity contribution in [2.24, 2.45) is 5.41 Å². The summed E-state index contributed by atoms with van der Waals surface area (Å²) in [7, 11) is 2.14. The van der Waals surface area contributed by atoms with E-state index in [2.05, 4.69) is 38.0 Å². The molecule has 3 heteroatoms. The summed E-state index contributed by atoms with van der Waals surface area (Å²) in [5.41, 5.74) is -0.133. The lowest BCUT2D eigenvalue weighted by Crippen LogP contribution is -2.72. The molecule has 0 saturated carbocycles. The first-order chi connectivity index (χ1) is 6.83. The molecule has 0 aromatic rings. The van der Waals surface area contributed by atoms with Gasteiger partial charge in [0.1, 0.15) is 0 Å². The van der Waals surface area contributed by atoms with E-state index in [0.29, 0.717) is 0 Å². The van der Waals surface area contributed by atoms with Gasteiger partial charge in [-0.3, -0.25) is 4.79 Å². The number of hydrogen-bond donors (Lipinski definition) is 1. The second kappa shape index (κ2) is 4.12. The van der Waals surface area contributed by atoms with Crippen molar-refractivity contribution in [3.05, 3.63) is 0 Å². The van der Waals surface area contributed by atoms with Gasteiger partial charge in [-0.1, -0.05) is 6.92 Å². The highest BCUT2D eigenvalue weighted by molar-refractivity contribution is 5.91. The average molecular weight is 212 g/mol. The lowest BCUT2D eigenvalue weighted by atomic mass is 9.64. The first-order valence-corrected chi connectivity index (χ1v) is 5.84. The number of nitrogens with one attached hydrogen (secondary N) is 1. The summed E-state index contributed by atoms with van der Waals surface area (Å²) < 4.78 is 0. The molecule has 15 heavy (non-hydrogen) atoms. The molecule has 88 valence electrons. The SMILES string of the molecule is CCC1(C)C(=O)NC1(C)C.CN1CCC1. The Morgan fingerprint density at radius 2 is 1.80 bits per heavy atom. The predicted octanol–water partition coefficient (Wildman–Crippen LogP) is 1.63. The van der Waals surface area contributed by atoms with Crippen LogP contribution in [0.25, 0.3) is 0 Å². The Morgan fingerprint density at radius 1 is 1.33 bits per heavy atom. The van der Waals surface area contributed by atoms with E-state index in [1.807, 2.05) is 6.92 Å². The van der Waals surface area contributed by atoms with Crippen molar-refractivity contribution >= 4 is 5.91 Å². The van der Waals surface area contributed by atoms with E-state index < -0.39 is 0 Å². The molecule has 2 fully saturated rings. The number of nitrogens with zero attached hydrogens (tertiary/aromatic N) is 1. The highest BCUT2D eigenvalue weighted by Gasteiger charge is 2.55. The minimum atomic E-state index is -0.132. The molecule has 0 aliphatic carbocycles. The molecule has 0 bridgehead atoms. The molecule has 0 aromatic carbocycles. The monoisotopic (exact) mass is 212 g/mol. The molecule has 1 amide bonds. The van der Waals surface area contributed by atoms with E-state index in [0.717, 1.165) is 6.42 Å². The summed E-state index contributed by atoms with van der Waals surface area (Å²) >= 11 is 0. The molecular formula is C12H24N2O. The van der Waals surface area contributed by atoms with Crippen molar-refractivity contribution in [1.29, 1.82) is 0 Å². The normalized spacial score (nSPS) is 33.0. The van der Waals surface area contributed by atoms with Gasteiger partial charge in [0.15, 0.2) is 0 Å². The van der Waals surface area contributed by atoms with E-state index in [1.54, 1.807) is 0 Å². The van der Waals surface area contributed by atoms with Crippen molar-refractivity contribution in [2.45, 2.75) is 46.1 Å². The van der Waals surface area contributed by atoms with E-state index in [9.17, 15) is 4.79 Å². The fourth-order valence-electron chi connectivity index (χ4n) is 1.86. The highest BCUT2D eigenvalue weighted by atomic mass is 16.2. The molecule has 2 rings (SSSR count). The van der Waals surface area contributed by atoms with Crippen LogP contribution in [-0.4, -0.2) is 36.5 Å². The number of likely N-dealkylation sites (tertiary alicyclic amines) is 1. The minimum absolute atomic E-state index is 0.00116. The van der Waals surface area contributed by atoms with Crippen molar-refractivity contribution in [3.8, 4) is 0 Å². The molecular weight excluding hydrogens is 188 g/mol. The quantitative estimate of drug-likeness (QED) is 0.670. The number of carbonyl (C=O) groups is 1. The summed E-state index contributed by atoms with van der Waals surface area (Å²) in [6, 6.07) is 0. The van der Waals surface area contributed by atoms with Crippen LogP contribution < -0.4 is 5.32 Å². The maximum Gasteiger partial charge on any atom is 0.228 e. The summed E-state index contributed by atoms with van der Waals surface area (Å²) in [6.07, 6.45) is 2.34. The molecule has 1 N–H and O–H groups in total. The zero-order valence-corrected chi connectivity index (χ0v) is 10.7. The number of hydrogen-bond acceptors (Lipinski definition) is 2. The van der Waals surface area contributed by atoms with Crippen LogP contribution in [0.15, 0.2) is 0 Å². The number of amides is 1. The Morgan fingerprint density at radius 3 is 1.87 bits per heavy atom. The maximum atomic E-state index is 11.1.